The lowest BCUT2D eigenvalue weighted by Gasteiger charge is -2.40. The van der Waals surface area contributed by atoms with Gasteiger partial charge in [0.05, 0.1) is 16.4 Å². The molecule has 0 amide bonds. The SMILES string of the molecule is CS(=O)(=O)c1c(-c2nnc(C3(C(F)(F)F)CCC3)s2)nn(-c2ccccc2Cl)c1C1C=CC(Cl)=CC1. The van der Waals surface area contributed by atoms with E-state index in [4.69, 9.17) is 23.2 Å². The molecule has 6 nitrogen and oxygen atoms in total. The highest BCUT2D eigenvalue weighted by atomic mass is 35.5. The van der Waals surface area contributed by atoms with Gasteiger partial charge in [0.15, 0.2) is 14.8 Å². The molecule has 2 aliphatic carbocycles. The van der Waals surface area contributed by atoms with E-state index in [0.29, 0.717) is 34.3 Å². The number of hydrogen-bond acceptors (Lipinski definition) is 6. The Morgan fingerprint density at radius 1 is 1.17 bits per heavy atom. The molecule has 1 atom stereocenters. The first-order chi connectivity index (χ1) is 16.9. The fraction of sp³-hybridized carbons (Fsp3) is 0.348. The summed E-state index contributed by atoms with van der Waals surface area (Å²) in [4.78, 5) is -0.124. The number of rotatable bonds is 5. The number of nitrogens with zero attached hydrogens (tertiary/aromatic N) is 4. The molecule has 0 spiro atoms. The van der Waals surface area contributed by atoms with Crippen molar-refractivity contribution in [2.45, 2.75) is 48.1 Å². The Morgan fingerprint density at radius 2 is 1.89 bits per heavy atom. The Kier molecular flexibility index (Phi) is 6.34. The second kappa shape index (κ2) is 8.97. The molecule has 0 aliphatic heterocycles. The Bertz CT molecular complexity index is 1510. The zero-order chi connectivity index (χ0) is 25.9. The standard InChI is InChI=1S/C23H19Cl2F3N4O2S2/c1-36(33,34)19-17(20-29-30-21(35-20)22(11-4-12-22)23(26,27)28)31-32(16-6-3-2-5-15(16)25)18(19)13-7-9-14(24)10-8-13/h2-3,5-7,9-10,13H,4,8,11-12H2,1H3. The van der Waals surface area contributed by atoms with E-state index in [-0.39, 0.29) is 33.4 Å². The van der Waals surface area contributed by atoms with E-state index < -0.39 is 27.3 Å². The van der Waals surface area contributed by atoms with E-state index in [0.717, 1.165) is 17.6 Å². The van der Waals surface area contributed by atoms with Crippen LogP contribution in [0.2, 0.25) is 5.02 Å². The predicted molar refractivity (Wildman–Crippen MR) is 133 cm³/mol. The first-order valence-corrected chi connectivity index (χ1v) is 14.4. The fourth-order valence-electron chi connectivity index (χ4n) is 4.51. The summed E-state index contributed by atoms with van der Waals surface area (Å²) in [5.41, 5.74) is -1.37. The van der Waals surface area contributed by atoms with E-state index in [1.807, 2.05) is 0 Å². The second-order valence-electron chi connectivity index (χ2n) is 8.83. The first-order valence-electron chi connectivity index (χ1n) is 11.0. The number of halogens is 5. The van der Waals surface area contributed by atoms with Gasteiger partial charge in [0.2, 0.25) is 0 Å². The third-order valence-electron chi connectivity index (χ3n) is 6.52. The fourth-order valence-corrected chi connectivity index (χ4v) is 7.16. The van der Waals surface area contributed by atoms with Gasteiger partial charge in [-0.25, -0.2) is 13.1 Å². The normalized spacial score (nSPS) is 19.7. The molecule has 0 bridgehead atoms. The Morgan fingerprint density at radius 3 is 2.44 bits per heavy atom. The maximum atomic E-state index is 13.9. The van der Waals surface area contributed by atoms with Gasteiger partial charge in [0.25, 0.3) is 0 Å². The summed E-state index contributed by atoms with van der Waals surface area (Å²) in [5.74, 6) is -0.435. The van der Waals surface area contributed by atoms with Crippen molar-refractivity contribution in [1.29, 1.82) is 0 Å². The lowest BCUT2D eigenvalue weighted by Crippen LogP contribution is -2.47. The van der Waals surface area contributed by atoms with Crippen molar-refractivity contribution in [3.63, 3.8) is 0 Å². The number of alkyl halides is 3. The molecular formula is C23H19Cl2F3N4O2S2. The van der Waals surface area contributed by atoms with Crippen LogP contribution in [-0.4, -0.2) is 40.8 Å². The van der Waals surface area contributed by atoms with E-state index in [9.17, 15) is 21.6 Å². The monoisotopic (exact) mass is 574 g/mol. The van der Waals surface area contributed by atoms with Crippen LogP contribution >= 0.6 is 34.5 Å². The first kappa shape index (κ1) is 25.4. The molecule has 1 unspecified atom stereocenters. The van der Waals surface area contributed by atoms with Gasteiger partial charge in [0.1, 0.15) is 21.0 Å². The van der Waals surface area contributed by atoms with Gasteiger partial charge in [-0.2, -0.15) is 18.3 Å². The minimum Gasteiger partial charge on any atom is -0.234 e. The molecule has 1 aromatic carbocycles. The van der Waals surface area contributed by atoms with Crippen LogP contribution in [0.5, 0.6) is 0 Å². The van der Waals surface area contributed by atoms with Crippen molar-refractivity contribution in [2.75, 3.05) is 6.26 Å². The third-order valence-corrected chi connectivity index (χ3v) is 9.40. The number of hydrogen-bond donors (Lipinski definition) is 0. The van der Waals surface area contributed by atoms with Crippen LogP contribution in [0.15, 0.2) is 52.4 Å². The van der Waals surface area contributed by atoms with Gasteiger partial charge in [0, 0.05) is 17.2 Å². The number of benzene rings is 1. The van der Waals surface area contributed by atoms with Crippen molar-refractivity contribution in [1.82, 2.24) is 20.0 Å². The maximum Gasteiger partial charge on any atom is 0.400 e. The zero-order valence-electron chi connectivity index (χ0n) is 18.8. The van der Waals surface area contributed by atoms with Crippen LogP contribution < -0.4 is 0 Å². The zero-order valence-corrected chi connectivity index (χ0v) is 21.9. The molecule has 13 heteroatoms. The Hall–Kier alpha value is -2.21. The van der Waals surface area contributed by atoms with Gasteiger partial charge in [-0.3, -0.25) is 0 Å². The van der Waals surface area contributed by atoms with E-state index in [2.05, 4.69) is 15.3 Å². The van der Waals surface area contributed by atoms with Gasteiger partial charge in [-0.1, -0.05) is 65.2 Å². The van der Waals surface area contributed by atoms with Crippen molar-refractivity contribution in [3.8, 4) is 16.4 Å². The summed E-state index contributed by atoms with van der Waals surface area (Å²) in [5, 5.41) is 13.1. The molecule has 0 N–H and O–H groups in total. The second-order valence-corrected chi connectivity index (χ2v) is 12.6. The molecule has 2 heterocycles. The molecule has 36 heavy (non-hydrogen) atoms. The molecule has 0 radical (unpaired) electrons. The molecule has 1 fully saturated rings. The topological polar surface area (TPSA) is 77.7 Å². The largest absolute Gasteiger partial charge is 0.400 e. The van der Waals surface area contributed by atoms with Gasteiger partial charge < -0.3 is 0 Å². The smallest absolute Gasteiger partial charge is 0.234 e. The molecule has 190 valence electrons. The van der Waals surface area contributed by atoms with Crippen molar-refractivity contribution >= 4 is 44.4 Å². The summed E-state index contributed by atoms with van der Waals surface area (Å²) < 4.78 is 69.5. The lowest BCUT2D eigenvalue weighted by molar-refractivity contribution is -0.212. The van der Waals surface area contributed by atoms with Crippen LogP contribution in [0.1, 0.15) is 42.3 Å². The highest BCUT2D eigenvalue weighted by Crippen LogP contribution is 2.56. The molecule has 5 rings (SSSR count). The van der Waals surface area contributed by atoms with Crippen molar-refractivity contribution in [3.05, 3.63) is 63.2 Å². The highest BCUT2D eigenvalue weighted by Gasteiger charge is 2.61. The summed E-state index contributed by atoms with van der Waals surface area (Å²) in [6.45, 7) is 0. The Labute approximate surface area is 219 Å². The quantitative estimate of drug-likeness (QED) is 0.343. The average molecular weight is 575 g/mol. The summed E-state index contributed by atoms with van der Waals surface area (Å²) in [6.07, 6.45) is 2.41. The molecule has 3 aromatic rings. The van der Waals surface area contributed by atoms with Crippen LogP contribution in [0, 0.1) is 0 Å². The number of para-hydroxylation sites is 1. The van der Waals surface area contributed by atoms with Crippen molar-refractivity contribution in [2.24, 2.45) is 0 Å². The lowest BCUT2D eigenvalue weighted by atomic mass is 9.68. The van der Waals surface area contributed by atoms with Gasteiger partial charge >= 0.3 is 6.18 Å². The molecule has 2 aliphatic rings. The maximum absolute atomic E-state index is 13.9. The minimum atomic E-state index is -4.48. The minimum absolute atomic E-state index is 0.00127. The van der Waals surface area contributed by atoms with Gasteiger partial charge in [-0.05, 0) is 37.5 Å². The predicted octanol–water partition coefficient (Wildman–Crippen LogP) is 6.60. The molecule has 1 saturated carbocycles. The van der Waals surface area contributed by atoms with E-state index >= 15 is 0 Å². The summed E-state index contributed by atoms with van der Waals surface area (Å²) in [6, 6.07) is 6.78. The van der Waals surface area contributed by atoms with Crippen LogP contribution in [0.25, 0.3) is 16.4 Å². The van der Waals surface area contributed by atoms with E-state index in [1.165, 1.54) is 4.68 Å². The van der Waals surface area contributed by atoms with Crippen LogP contribution in [0.3, 0.4) is 0 Å². The van der Waals surface area contributed by atoms with Crippen molar-refractivity contribution < 1.29 is 21.6 Å². The molecule has 2 aromatic heterocycles. The van der Waals surface area contributed by atoms with Crippen LogP contribution in [0.4, 0.5) is 13.2 Å². The van der Waals surface area contributed by atoms with Crippen LogP contribution in [-0.2, 0) is 15.3 Å². The Balaban J connectivity index is 1.75. The van der Waals surface area contributed by atoms with Gasteiger partial charge in [-0.15, -0.1) is 10.2 Å². The third kappa shape index (κ3) is 4.19. The molecular weight excluding hydrogens is 556 g/mol. The summed E-state index contributed by atoms with van der Waals surface area (Å²) in [7, 11) is -3.92. The van der Waals surface area contributed by atoms with E-state index in [1.54, 1.807) is 42.5 Å². The molecule has 0 saturated heterocycles. The summed E-state index contributed by atoms with van der Waals surface area (Å²) >= 11 is 13.3. The number of aromatic nitrogens is 4. The number of sulfone groups is 1. The highest BCUT2D eigenvalue weighted by molar-refractivity contribution is 7.91. The average Bonchev–Trinajstić information content (AvgIpc) is 3.38. The number of allylic oxidation sites excluding steroid dienone is 4.